The van der Waals surface area contributed by atoms with Crippen molar-refractivity contribution in [3.8, 4) is 0 Å². The lowest BCUT2D eigenvalue weighted by atomic mass is 10.2. The van der Waals surface area contributed by atoms with Crippen LogP contribution < -0.4 is 5.32 Å². The van der Waals surface area contributed by atoms with Crippen molar-refractivity contribution in [2.24, 2.45) is 7.05 Å². The van der Waals surface area contributed by atoms with Crippen LogP contribution in [-0.2, 0) is 13.5 Å². The van der Waals surface area contributed by atoms with Gasteiger partial charge in [-0.2, -0.15) is 5.10 Å². The van der Waals surface area contributed by atoms with Crippen LogP contribution in [0.5, 0.6) is 0 Å². The summed E-state index contributed by atoms with van der Waals surface area (Å²) in [5.74, 6) is 0. The molecule has 6 nitrogen and oxygen atoms in total. The van der Waals surface area contributed by atoms with Crippen molar-refractivity contribution >= 4 is 33.0 Å². The summed E-state index contributed by atoms with van der Waals surface area (Å²) in [7, 11) is 1.86. The Kier molecular flexibility index (Phi) is 3.84. The minimum atomic E-state index is -0.421. The van der Waals surface area contributed by atoms with Crippen molar-refractivity contribution in [2.45, 2.75) is 13.3 Å². The molecule has 0 aliphatic rings. The Bertz CT molecular complexity index is 624. The van der Waals surface area contributed by atoms with Crippen molar-refractivity contribution < 1.29 is 4.92 Å². The maximum Gasteiger partial charge on any atom is 0.270 e. The zero-order valence-electron chi connectivity index (χ0n) is 10.6. The second kappa shape index (κ2) is 5.40. The SMILES string of the molecule is CCc1nn(C)cc1Nc1ccc([N+](=O)[O-])cc1Br. The summed E-state index contributed by atoms with van der Waals surface area (Å²) in [6, 6.07) is 4.62. The Morgan fingerprint density at radius 1 is 1.47 bits per heavy atom. The first kappa shape index (κ1) is 13.5. The normalized spacial score (nSPS) is 10.5. The number of halogens is 1. The summed E-state index contributed by atoms with van der Waals surface area (Å²) in [5.41, 5.74) is 2.68. The third kappa shape index (κ3) is 2.93. The predicted octanol–water partition coefficient (Wildman–Crippen LogP) is 3.40. The molecule has 0 aliphatic heterocycles. The van der Waals surface area contributed by atoms with Crippen molar-refractivity contribution in [1.29, 1.82) is 0 Å². The summed E-state index contributed by atoms with van der Waals surface area (Å²) in [5, 5.41) is 18.2. The van der Waals surface area contributed by atoms with Gasteiger partial charge in [-0.1, -0.05) is 6.92 Å². The molecule has 19 heavy (non-hydrogen) atoms. The van der Waals surface area contributed by atoms with E-state index in [1.54, 1.807) is 10.7 Å². The summed E-state index contributed by atoms with van der Waals surface area (Å²) >= 11 is 3.33. The lowest BCUT2D eigenvalue weighted by Crippen LogP contribution is -1.95. The number of hydrogen-bond acceptors (Lipinski definition) is 4. The number of benzene rings is 1. The van der Waals surface area contributed by atoms with Gasteiger partial charge in [-0.3, -0.25) is 14.8 Å². The molecule has 0 atom stereocenters. The van der Waals surface area contributed by atoms with E-state index in [4.69, 9.17) is 0 Å². The molecule has 0 saturated carbocycles. The molecule has 1 aromatic heterocycles. The largest absolute Gasteiger partial charge is 0.352 e. The summed E-state index contributed by atoms with van der Waals surface area (Å²) in [6.07, 6.45) is 2.69. The van der Waals surface area contributed by atoms with E-state index in [-0.39, 0.29) is 5.69 Å². The van der Waals surface area contributed by atoms with E-state index in [2.05, 4.69) is 26.3 Å². The molecular formula is C12H13BrN4O2. The van der Waals surface area contributed by atoms with Crippen molar-refractivity contribution in [2.75, 3.05) is 5.32 Å². The van der Waals surface area contributed by atoms with Crippen LogP contribution in [0.3, 0.4) is 0 Å². The van der Waals surface area contributed by atoms with Gasteiger partial charge in [0.25, 0.3) is 5.69 Å². The average Bonchev–Trinajstić information content (AvgIpc) is 2.71. The first-order valence-electron chi connectivity index (χ1n) is 5.74. The molecule has 0 fully saturated rings. The third-order valence-electron chi connectivity index (χ3n) is 2.67. The molecule has 2 aromatic rings. The van der Waals surface area contributed by atoms with E-state index in [1.165, 1.54) is 12.1 Å². The number of hydrogen-bond donors (Lipinski definition) is 1. The van der Waals surface area contributed by atoms with E-state index >= 15 is 0 Å². The van der Waals surface area contributed by atoms with Gasteiger partial charge < -0.3 is 5.32 Å². The maximum absolute atomic E-state index is 10.7. The van der Waals surface area contributed by atoms with E-state index in [0.29, 0.717) is 4.47 Å². The molecule has 0 unspecified atom stereocenters. The molecule has 1 heterocycles. The predicted molar refractivity (Wildman–Crippen MR) is 76.7 cm³/mol. The van der Waals surface area contributed by atoms with Gasteiger partial charge >= 0.3 is 0 Å². The van der Waals surface area contributed by atoms with Gasteiger partial charge in [-0.05, 0) is 28.4 Å². The second-order valence-electron chi connectivity index (χ2n) is 4.06. The molecule has 100 valence electrons. The molecular weight excluding hydrogens is 312 g/mol. The number of rotatable bonds is 4. The number of aromatic nitrogens is 2. The van der Waals surface area contributed by atoms with Crippen molar-refractivity contribution in [1.82, 2.24) is 9.78 Å². The Morgan fingerprint density at radius 2 is 2.21 bits per heavy atom. The van der Waals surface area contributed by atoms with Gasteiger partial charge in [-0.25, -0.2) is 0 Å². The Hall–Kier alpha value is -1.89. The molecule has 1 aromatic carbocycles. The first-order valence-corrected chi connectivity index (χ1v) is 6.54. The van der Waals surface area contributed by atoms with E-state index in [0.717, 1.165) is 23.5 Å². The second-order valence-corrected chi connectivity index (χ2v) is 4.92. The van der Waals surface area contributed by atoms with Crippen LogP contribution in [0.1, 0.15) is 12.6 Å². The molecule has 0 spiro atoms. The third-order valence-corrected chi connectivity index (χ3v) is 3.33. The fourth-order valence-electron chi connectivity index (χ4n) is 1.76. The van der Waals surface area contributed by atoms with Crippen LogP contribution in [0.2, 0.25) is 0 Å². The van der Waals surface area contributed by atoms with E-state index in [1.807, 2.05) is 20.2 Å². The fourth-order valence-corrected chi connectivity index (χ4v) is 2.23. The fraction of sp³-hybridized carbons (Fsp3) is 0.250. The van der Waals surface area contributed by atoms with Crippen LogP contribution in [0, 0.1) is 10.1 Å². The maximum atomic E-state index is 10.7. The van der Waals surface area contributed by atoms with Crippen molar-refractivity contribution in [3.63, 3.8) is 0 Å². The highest BCUT2D eigenvalue weighted by molar-refractivity contribution is 9.10. The molecule has 0 aliphatic carbocycles. The molecule has 7 heteroatoms. The first-order chi connectivity index (χ1) is 9.01. The highest BCUT2D eigenvalue weighted by atomic mass is 79.9. The van der Waals surface area contributed by atoms with Gasteiger partial charge in [0.05, 0.1) is 22.0 Å². The summed E-state index contributed by atoms with van der Waals surface area (Å²) in [4.78, 5) is 10.3. The monoisotopic (exact) mass is 324 g/mol. The standard InChI is InChI=1S/C12H13BrN4O2/c1-3-10-12(7-16(2)15-10)14-11-5-4-8(17(18)19)6-9(11)13/h4-7,14H,3H2,1-2H3. The van der Waals surface area contributed by atoms with Gasteiger partial charge in [0.1, 0.15) is 0 Å². The lowest BCUT2D eigenvalue weighted by Gasteiger charge is -2.07. The van der Waals surface area contributed by atoms with E-state index in [9.17, 15) is 10.1 Å². The molecule has 0 bridgehead atoms. The minimum Gasteiger partial charge on any atom is -0.352 e. The number of aryl methyl sites for hydroxylation is 2. The number of non-ortho nitro benzene ring substituents is 1. The van der Waals surface area contributed by atoms with Crippen LogP contribution in [0.25, 0.3) is 0 Å². The number of nitro groups is 1. The van der Waals surface area contributed by atoms with Crippen LogP contribution >= 0.6 is 15.9 Å². The smallest absolute Gasteiger partial charge is 0.270 e. The van der Waals surface area contributed by atoms with Crippen LogP contribution in [0.4, 0.5) is 17.1 Å². The lowest BCUT2D eigenvalue weighted by molar-refractivity contribution is -0.384. The number of anilines is 2. The molecule has 0 amide bonds. The van der Waals surface area contributed by atoms with E-state index < -0.39 is 4.92 Å². The van der Waals surface area contributed by atoms with Gasteiger partial charge in [0.15, 0.2) is 0 Å². The average molecular weight is 325 g/mol. The van der Waals surface area contributed by atoms with Crippen molar-refractivity contribution in [3.05, 3.63) is 44.7 Å². The van der Waals surface area contributed by atoms with Gasteiger partial charge in [0.2, 0.25) is 0 Å². The zero-order chi connectivity index (χ0) is 14.0. The Morgan fingerprint density at radius 3 is 2.79 bits per heavy atom. The number of nitro benzene ring substituents is 1. The van der Waals surface area contributed by atoms with Gasteiger partial charge in [0, 0.05) is 29.8 Å². The quantitative estimate of drug-likeness (QED) is 0.691. The van der Waals surface area contributed by atoms with Crippen LogP contribution in [0.15, 0.2) is 28.9 Å². The van der Waals surface area contributed by atoms with Crippen LogP contribution in [-0.4, -0.2) is 14.7 Å². The molecule has 0 radical (unpaired) electrons. The minimum absolute atomic E-state index is 0.0549. The molecule has 1 N–H and O–H groups in total. The zero-order valence-corrected chi connectivity index (χ0v) is 12.1. The Labute approximate surface area is 118 Å². The summed E-state index contributed by atoms with van der Waals surface area (Å²) < 4.78 is 2.38. The highest BCUT2D eigenvalue weighted by Crippen LogP contribution is 2.30. The number of nitrogens with one attached hydrogen (secondary N) is 1. The Balaban J connectivity index is 2.30. The highest BCUT2D eigenvalue weighted by Gasteiger charge is 2.11. The number of nitrogens with zero attached hydrogens (tertiary/aromatic N) is 3. The summed E-state index contributed by atoms with van der Waals surface area (Å²) in [6.45, 7) is 2.03. The molecule has 0 saturated heterocycles. The van der Waals surface area contributed by atoms with Gasteiger partial charge in [-0.15, -0.1) is 0 Å². The topological polar surface area (TPSA) is 73.0 Å². The molecule has 2 rings (SSSR count).